The van der Waals surface area contributed by atoms with Crippen molar-refractivity contribution in [1.82, 2.24) is 5.32 Å². The molecule has 0 saturated carbocycles. The molecule has 2 aromatic heterocycles. The van der Waals surface area contributed by atoms with Crippen LogP contribution in [-0.4, -0.2) is 16.6 Å². The maximum absolute atomic E-state index is 12.3. The van der Waals surface area contributed by atoms with Gasteiger partial charge in [-0.1, -0.05) is 6.07 Å². The van der Waals surface area contributed by atoms with Crippen LogP contribution in [0.15, 0.2) is 53.1 Å². The molecule has 3 aromatic rings. The summed E-state index contributed by atoms with van der Waals surface area (Å²) < 4.78 is 5.09. The maximum Gasteiger partial charge on any atom is 0.273 e. The highest BCUT2D eigenvalue weighted by molar-refractivity contribution is 7.14. The minimum Gasteiger partial charge on any atom is -0.461 e. The molecule has 1 aromatic carbocycles. The molecule has 0 saturated heterocycles. The lowest BCUT2D eigenvalue weighted by Crippen LogP contribution is -2.23. The second kappa shape index (κ2) is 7.32. The van der Waals surface area contributed by atoms with E-state index in [1.807, 2.05) is 0 Å². The quantitative estimate of drug-likeness (QED) is 0.405. The highest BCUT2D eigenvalue weighted by Gasteiger charge is 2.18. The van der Waals surface area contributed by atoms with E-state index in [-0.39, 0.29) is 29.3 Å². The lowest BCUT2D eigenvalue weighted by molar-refractivity contribution is -0.385. The minimum absolute atomic E-state index is 0.0971. The van der Waals surface area contributed by atoms with Gasteiger partial charge in [-0.15, -0.1) is 11.3 Å². The zero-order valence-electron chi connectivity index (χ0n) is 13.7. The Bertz CT molecular complexity index is 975. The third-order valence-corrected chi connectivity index (χ3v) is 4.88. The number of benzene rings is 1. The Hall–Kier alpha value is -3.26. The number of hydrogen-bond acceptors (Lipinski definition) is 6. The van der Waals surface area contributed by atoms with E-state index < -0.39 is 10.8 Å². The van der Waals surface area contributed by atoms with E-state index in [4.69, 9.17) is 4.42 Å². The zero-order chi connectivity index (χ0) is 18.7. The highest BCUT2D eigenvalue weighted by atomic mass is 32.1. The molecule has 26 heavy (non-hydrogen) atoms. The molecule has 7 nitrogen and oxygen atoms in total. The third-order valence-electron chi connectivity index (χ3n) is 3.80. The number of hydrogen-bond donors (Lipinski definition) is 1. The summed E-state index contributed by atoms with van der Waals surface area (Å²) in [5.74, 6) is -0.361. The van der Waals surface area contributed by atoms with Gasteiger partial charge in [0, 0.05) is 22.1 Å². The van der Waals surface area contributed by atoms with Crippen molar-refractivity contribution in [2.75, 3.05) is 0 Å². The first-order chi connectivity index (χ1) is 12.5. The number of carbonyl (C=O) groups excluding carboxylic acids is 2. The molecule has 1 amide bonds. The van der Waals surface area contributed by atoms with Crippen molar-refractivity contribution in [3.8, 4) is 0 Å². The molecule has 0 atom stereocenters. The molecule has 0 fully saturated rings. The van der Waals surface area contributed by atoms with Crippen molar-refractivity contribution in [2.45, 2.75) is 13.5 Å². The van der Waals surface area contributed by atoms with E-state index in [1.54, 1.807) is 31.2 Å². The third kappa shape index (κ3) is 3.55. The van der Waals surface area contributed by atoms with E-state index in [9.17, 15) is 19.7 Å². The fourth-order valence-electron chi connectivity index (χ4n) is 2.45. The van der Waals surface area contributed by atoms with Crippen molar-refractivity contribution < 1.29 is 18.9 Å². The number of nitro benzene ring substituents is 1. The largest absolute Gasteiger partial charge is 0.461 e. The second-order valence-corrected chi connectivity index (χ2v) is 6.63. The predicted molar refractivity (Wildman–Crippen MR) is 95.5 cm³/mol. The molecule has 1 N–H and O–H groups in total. The van der Waals surface area contributed by atoms with Crippen LogP contribution in [0.1, 0.15) is 36.2 Å². The number of carbonyl (C=O) groups is 2. The lowest BCUT2D eigenvalue weighted by Gasteiger charge is -2.07. The van der Waals surface area contributed by atoms with Gasteiger partial charge in [-0.25, -0.2) is 0 Å². The zero-order valence-corrected chi connectivity index (χ0v) is 14.5. The maximum atomic E-state index is 12.3. The number of furan rings is 1. The van der Waals surface area contributed by atoms with E-state index in [2.05, 4.69) is 5.32 Å². The number of thiophene rings is 1. The van der Waals surface area contributed by atoms with Crippen LogP contribution < -0.4 is 5.32 Å². The predicted octanol–water partition coefficient (Wildman–Crippen LogP) is 3.72. The summed E-state index contributed by atoms with van der Waals surface area (Å²) in [5, 5.41) is 13.7. The molecule has 8 heteroatoms. The Morgan fingerprint density at radius 1 is 1.19 bits per heavy atom. The summed E-state index contributed by atoms with van der Waals surface area (Å²) in [6.45, 7) is 1.76. The van der Waals surface area contributed by atoms with Crippen molar-refractivity contribution >= 4 is 28.7 Å². The van der Waals surface area contributed by atoms with Gasteiger partial charge >= 0.3 is 0 Å². The van der Waals surface area contributed by atoms with Gasteiger partial charge in [0.25, 0.3) is 11.6 Å². The van der Waals surface area contributed by atoms with Gasteiger partial charge < -0.3 is 9.73 Å². The van der Waals surface area contributed by atoms with E-state index >= 15 is 0 Å². The Kier molecular flexibility index (Phi) is 4.94. The van der Waals surface area contributed by atoms with Crippen molar-refractivity contribution in [3.63, 3.8) is 0 Å². The van der Waals surface area contributed by atoms with Crippen LogP contribution in [0.3, 0.4) is 0 Å². The van der Waals surface area contributed by atoms with E-state index in [1.165, 1.54) is 35.8 Å². The summed E-state index contributed by atoms with van der Waals surface area (Å²) >= 11 is 1.26. The average molecular weight is 370 g/mol. The van der Waals surface area contributed by atoms with Crippen LogP contribution in [0, 0.1) is 17.0 Å². The number of nitrogens with one attached hydrogen (secondary N) is 1. The first-order valence-corrected chi connectivity index (χ1v) is 8.48. The summed E-state index contributed by atoms with van der Waals surface area (Å²) in [6.07, 6.45) is 1.43. The van der Waals surface area contributed by atoms with Crippen LogP contribution >= 0.6 is 11.3 Å². The first-order valence-electron chi connectivity index (χ1n) is 7.66. The van der Waals surface area contributed by atoms with Gasteiger partial charge in [-0.3, -0.25) is 19.7 Å². The van der Waals surface area contributed by atoms with E-state index in [0.717, 1.165) is 4.88 Å². The summed E-state index contributed by atoms with van der Waals surface area (Å²) in [4.78, 5) is 36.3. The molecule has 132 valence electrons. The monoisotopic (exact) mass is 370 g/mol. The van der Waals surface area contributed by atoms with Crippen LogP contribution in [0.4, 0.5) is 5.69 Å². The Labute approximate surface area is 152 Å². The number of ketones is 1. The number of nitro groups is 1. The summed E-state index contributed by atoms with van der Waals surface area (Å²) in [7, 11) is 0. The number of nitrogens with zero attached hydrogens (tertiary/aromatic N) is 1. The van der Waals surface area contributed by atoms with E-state index in [0.29, 0.717) is 10.4 Å². The average Bonchev–Trinajstić information content (AvgIpc) is 3.31. The standard InChI is InChI=1S/C18H14N2O5S/c1-11-13(4-2-5-14(11)20(23)24)18(22)19-10-12-7-8-16(26-12)17(21)15-6-3-9-25-15/h2-9H,10H2,1H3,(H,19,22). The van der Waals surface area contributed by atoms with Crippen LogP contribution in [0.2, 0.25) is 0 Å². The van der Waals surface area contributed by atoms with Gasteiger partial charge in [0.05, 0.1) is 22.6 Å². The van der Waals surface area contributed by atoms with Crippen molar-refractivity contribution in [2.24, 2.45) is 0 Å². The molecule has 0 bridgehead atoms. The fraction of sp³-hybridized carbons (Fsp3) is 0.111. The number of amides is 1. The molecule has 0 aliphatic carbocycles. The molecule has 0 aliphatic heterocycles. The SMILES string of the molecule is Cc1c(C(=O)NCc2ccc(C(=O)c3ccco3)s2)cccc1[N+](=O)[O-]. The van der Waals surface area contributed by atoms with Gasteiger partial charge in [-0.05, 0) is 37.3 Å². The first kappa shape index (κ1) is 17.6. The van der Waals surface area contributed by atoms with Gasteiger partial charge in [0.15, 0.2) is 5.76 Å². The van der Waals surface area contributed by atoms with Gasteiger partial charge in [0.2, 0.25) is 5.78 Å². The Morgan fingerprint density at radius 2 is 2.00 bits per heavy atom. The molecule has 0 aliphatic rings. The smallest absolute Gasteiger partial charge is 0.273 e. The van der Waals surface area contributed by atoms with Crippen molar-refractivity contribution in [3.05, 3.63) is 85.5 Å². The minimum atomic E-state index is -0.516. The molecule has 2 heterocycles. The Morgan fingerprint density at radius 3 is 2.69 bits per heavy atom. The normalized spacial score (nSPS) is 10.5. The van der Waals surface area contributed by atoms with Gasteiger partial charge in [0.1, 0.15) is 0 Å². The topological polar surface area (TPSA) is 102 Å². The lowest BCUT2D eigenvalue weighted by atomic mass is 10.1. The van der Waals surface area contributed by atoms with Crippen LogP contribution in [0.25, 0.3) is 0 Å². The molecule has 0 radical (unpaired) electrons. The molecule has 0 unspecified atom stereocenters. The number of rotatable bonds is 6. The Balaban J connectivity index is 1.68. The molecule has 3 rings (SSSR count). The molecular weight excluding hydrogens is 356 g/mol. The fourth-order valence-corrected chi connectivity index (χ4v) is 3.35. The second-order valence-electron chi connectivity index (χ2n) is 5.46. The highest BCUT2D eigenvalue weighted by Crippen LogP contribution is 2.22. The van der Waals surface area contributed by atoms with Gasteiger partial charge in [-0.2, -0.15) is 0 Å². The van der Waals surface area contributed by atoms with Crippen LogP contribution in [0.5, 0.6) is 0 Å². The molecule has 0 spiro atoms. The van der Waals surface area contributed by atoms with Crippen molar-refractivity contribution in [1.29, 1.82) is 0 Å². The summed E-state index contributed by atoms with van der Waals surface area (Å²) in [6, 6.07) is 11.0. The summed E-state index contributed by atoms with van der Waals surface area (Å²) in [5.41, 5.74) is 0.470. The molecular formula is C18H14N2O5S. The van der Waals surface area contributed by atoms with Crippen LogP contribution in [-0.2, 0) is 6.54 Å².